The Morgan fingerprint density at radius 1 is 1.18 bits per heavy atom. The number of likely N-dealkylation sites (N-methyl/N-ethyl adjacent to an activating group) is 1. The highest BCUT2D eigenvalue weighted by molar-refractivity contribution is 7.91. The fourth-order valence-corrected chi connectivity index (χ4v) is 6.35. The molecule has 33 heavy (non-hydrogen) atoms. The zero-order valence-corrected chi connectivity index (χ0v) is 20.8. The van der Waals surface area contributed by atoms with E-state index in [4.69, 9.17) is 9.47 Å². The van der Waals surface area contributed by atoms with Gasteiger partial charge in [0.1, 0.15) is 10.8 Å². The predicted molar refractivity (Wildman–Crippen MR) is 128 cm³/mol. The van der Waals surface area contributed by atoms with Crippen molar-refractivity contribution in [2.75, 3.05) is 37.9 Å². The average Bonchev–Trinajstić information content (AvgIpc) is 3.15. The van der Waals surface area contributed by atoms with Gasteiger partial charge in [0.2, 0.25) is 5.91 Å². The molecule has 8 nitrogen and oxygen atoms in total. The summed E-state index contributed by atoms with van der Waals surface area (Å²) >= 11 is 1.40. The third-order valence-electron chi connectivity index (χ3n) is 5.55. The van der Waals surface area contributed by atoms with Crippen molar-refractivity contribution in [1.29, 1.82) is 0 Å². The lowest BCUT2D eigenvalue weighted by Crippen LogP contribution is -2.30. The number of hydrogen-bond donors (Lipinski definition) is 1. The van der Waals surface area contributed by atoms with Crippen molar-refractivity contribution in [1.82, 2.24) is 4.90 Å². The SMILES string of the molecule is CCOC(=O)c1c(NC(=O)CCCS(=O)(=O)c2ccc(OC)cc2)sc2c1CCN(CC)C2. The van der Waals surface area contributed by atoms with E-state index in [1.54, 1.807) is 19.1 Å². The molecule has 0 bridgehead atoms. The minimum Gasteiger partial charge on any atom is -0.497 e. The molecule has 3 rings (SSSR count). The first-order valence-corrected chi connectivity index (χ1v) is 13.5. The Morgan fingerprint density at radius 3 is 2.55 bits per heavy atom. The molecule has 0 aliphatic carbocycles. The molecule has 0 fully saturated rings. The van der Waals surface area contributed by atoms with Crippen LogP contribution >= 0.6 is 11.3 Å². The minimum absolute atomic E-state index is 0.0291. The lowest BCUT2D eigenvalue weighted by Gasteiger charge is -2.25. The number of nitrogens with zero attached hydrogens (tertiary/aromatic N) is 1. The smallest absolute Gasteiger partial charge is 0.341 e. The second-order valence-electron chi connectivity index (χ2n) is 7.69. The van der Waals surface area contributed by atoms with E-state index in [0.717, 1.165) is 36.5 Å². The number of sulfone groups is 1. The number of anilines is 1. The second kappa shape index (κ2) is 11.1. The summed E-state index contributed by atoms with van der Waals surface area (Å²) in [5.74, 6) is -0.329. The third-order valence-corrected chi connectivity index (χ3v) is 8.50. The van der Waals surface area contributed by atoms with Crippen molar-refractivity contribution in [3.05, 3.63) is 40.3 Å². The summed E-state index contributed by atoms with van der Waals surface area (Å²) in [6.07, 6.45) is 0.925. The molecule has 0 saturated carbocycles. The highest BCUT2D eigenvalue weighted by Gasteiger charge is 2.29. The first kappa shape index (κ1) is 25.2. The van der Waals surface area contributed by atoms with E-state index in [1.165, 1.54) is 30.6 Å². The molecule has 1 aliphatic heterocycles. The molecule has 0 atom stereocenters. The van der Waals surface area contributed by atoms with Gasteiger partial charge in [0.25, 0.3) is 0 Å². The lowest BCUT2D eigenvalue weighted by molar-refractivity contribution is -0.116. The van der Waals surface area contributed by atoms with Gasteiger partial charge < -0.3 is 14.8 Å². The number of hydrogen-bond acceptors (Lipinski definition) is 8. The Balaban J connectivity index is 1.66. The zero-order chi connectivity index (χ0) is 24.0. The molecule has 10 heteroatoms. The Kier molecular flexibility index (Phi) is 8.50. The van der Waals surface area contributed by atoms with Gasteiger partial charge in [-0.15, -0.1) is 11.3 Å². The van der Waals surface area contributed by atoms with Crippen LogP contribution in [0.2, 0.25) is 0 Å². The van der Waals surface area contributed by atoms with Gasteiger partial charge in [0, 0.05) is 24.4 Å². The van der Waals surface area contributed by atoms with E-state index in [0.29, 0.717) is 16.3 Å². The van der Waals surface area contributed by atoms with Gasteiger partial charge in [-0.25, -0.2) is 13.2 Å². The average molecular weight is 495 g/mol. The van der Waals surface area contributed by atoms with E-state index in [-0.39, 0.29) is 36.0 Å². The van der Waals surface area contributed by atoms with Crippen LogP contribution in [0.25, 0.3) is 0 Å². The normalized spacial score (nSPS) is 13.9. The van der Waals surface area contributed by atoms with E-state index in [1.807, 2.05) is 0 Å². The monoisotopic (exact) mass is 494 g/mol. The first-order valence-electron chi connectivity index (χ1n) is 11.0. The molecule has 2 aromatic rings. The molecular weight excluding hydrogens is 464 g/mol. The van der Waals surface area contributed by atoms with Crippen LogP contribution in [0.4, 0.5) is 5.00 Å². The minimum atomic E-state index is -3.51. The third kappa shape index (κ3) is 6.13. The molecule has 1 amide bonds. The number of rotatable bonds is 10. The number of carbonyl (C=O) groups excluding carboxylic acids is 2. The Morgan fingerprint density at radius 2 is 1.91 bits per heavy atom. The van der Waals surface area contributed by atoms with E-state index < -0.39 is 15.8 Å². The number of esters is 1. The maximum Gasteiger partial charge on any atom is 0.341 e. The molecule has 0 radical (unpaired) electrons. The summed E-state index contributed by atoms with van der Waals surface area (Å²) in [7, 11) is -1.99. The van der Waals surface area contributed by atoms with Gasteiger partial charge in [-0.05, 0) is 56.1 Å². The van der Waals surface area contributed by atoms with Gasteiger partial charge in [-0.1, -0.05) is 6.92 Å². The van der Waals surface area contributed by atoms with Gasteiger partial charge in [-0.2, -0.15) is 0 Å². The Bertz CT molecular complexity index is 1090. The number of amides is 1. The van der Waals surface area contributed by atoms with Gasteiger partial charge in [0.15, 0.2) is 9.84 Å². The highest BCUT2D eigenvalue weighted by atomic mass is 32.2. The standard InChI is InChI=1S/C23H30N2O6S2/c1-4-25-13-12-18-19(15-25)32-22(21(18)23(27)31-5-2)24-20(26)7-6-14-33(28,29)17-10-8-16(30-3)9-11-17/h8-11H,4-7,12-15H2,1-3H3,(H,24,26). The molecular formula is C23H30N2O6S2. The molecule has 1 aromatic carbocycles. The molecule has 1 N–H and O–H groups in total. The fourth-order valence-electron chi connectivity index (χ4n) is 3.75. The molecule has 180 valence electrons. The van der Waals surface area contributed by atoms with Crippen LogP contribution in [0.3, 0.4) is 0 Å². The van der Waals surface area contributed by atoms with Gasteiger partial charge in [0.05, 0.1) is 29.9 Å². The molecule has 1 aromatic heterocycles. The molecule has 0 unspecified atom stereocenters. The first-order chi connectivity index (χ1) is 15.8. The van der Waals surface area contributed by atoms with Crippen LogP contribution in [0.5, 0.6) is 5.75 Å². The Labute approximate surface area is 198 Å². The molecule has 2 heterocycles. The summed E-state index contributed by atoms with van der Waals surface area (Å²) in [5.41, 5.74) is 1.38. The topological polar surface area (TPSA) is 102 Å². The summed E-state index contributed by atoms with van der Waals surface area (Å²) < 4.78 is 35.4. The quantitative estimate of drug-likeness (QED) is 0.504. The zero-order valence-electron chi connectivity index (χ0n) is 19.2. The number of carbonyl (C=O) groups is 2. The summed E-state index contributed by atoms with van der Waals surface area (Å²) in [6.45, 7) is 6.59. The van der Waals surface area contributed by atoms with Crippen LogP contribution in [0.1, 0.15) is 47.5 Å². The second-order valence-corrected chi connectivity index (χ2v) is 10.9. The van der Waals surface area contributed by atoms with Crippen molar-refractivity contribution in [3.8, 4) is 5.75 Å². The Hall–Kier alpha value is -2.43. The van der Waals surface area contributed by atoms with Crippen molar-refractivity contribution in [3.63, 3.8) is 0 Å². The number of ether oxygens (including phenoxy) is 2. The van der Waals surface area contributed by atoms with Gasteiger partial charge >= 0.3 is 5.97 Å². The number of fused-ring (bicyclic) bond motifs is 1. The summed E-state index contributed by atoms with van der Waals surface area (Å²) in [4.78, 5) is 28.8. The lowest BCUT2D eigenvalue weighted by atomic mass is 10.0. The summed E-state index contributed by atoms with van der Waals surface area (Å²) in [6, 6.07) is 6.18. The predicted octanol–water partition coefficient (Wildman–Crippen LogP) is 3.50. The maximum absolute atomic E-state index is 12.6. The van der Waals surface area contributed by atoms with E-state index >= 15 is 0 Å². The molecule has 0 saturated heterocycles. The van der Waals surface area contributed by atoms with Crippen molar-refractivity contribution < 1.29 is 27.5 Å². The number of methoxy groups -OCH3 is 1. The number of thiophene rings is 1. The number of benzene rings is 1. The number of nitrogens with one attached hydrogen (secondary N) is 1. The maximum atomic E-state index is 12.6. The van der Waals surface area contributed by atoms with E-state index in [2.05, 4.69) is 17.1 Å². The largest absolute Gasteiger partial charge is 0.497 e. The van der Waals surface area contributed by atoms with Crippen LogP contribution in [-0.4, -0.2) is 57.8 Å². The van der Waals surface area contributed by atoms with Crippen molar-refractivity contribution in [2.24, 2.45) is 0 Å². The molecule has 0 spiro atoms. The summed E-state index contributed by atoms with van der Waals surface area (Å²) in [5, 5.41) is 3.32. The van der Waals surface area contributed by atoms with Crippen LogP contribution in [0.15, 0.2) is 29.2 Å². The fraction of sp³-hybridized carbons (Fsp3) is 0.478. The van der Waals surface area contributed by atoms with Crippen LogP contribution < -0.4 is 10.1 Å². The van der Waals surface area contributed by atoms with E-state index in [9.17, 15) is 18.0 Å². The molecule has 1 aliphatic rings. The van der Waals surface area contributed by atoms with Crippen LogP contribution in [0, 0.1) is 0 Å². The van der Waals surface area contributed by atoms with Crippen molar-refractivity contribution in [2.45, 2.75) is 44.6 Å². The highest BCUT2D eigenvalue weighted by Crippen LogP contribution is 2.37. The van der Waals surface area contributed by atoms with Crippen LogP contribution in [-0.2, 0) is 32.3 Å². The van der Waals surface area contributed by atoms with Gasteiger partial charge in [-0.3, -0.25) is 9.69 Å². The van der Waals surface area contributed by atoms with Crippen molar-refractivity contribution >= 4 is 38.1 Å².